The average Bonchev–Trinajstić information content (AvgIpc) is 2.53. The first kappa shape index (κ1) is 13.8. The zero-order valence-electron chi connectivity index (χ0n) is 12.2. The highest BCUT2D eigenvalue weighted by Crippen LogP contribution is 2.34. The van der Waals surface area contributed by atoms with Crippen molar-refractivity contribution in [2.75, 3.05) is 18.0 Å². The van der Waals surface area contributed by atoms with Crippen molar-refractivity contribution in [2.45, 2.75) is 25.8 Å². The Morgan fingerprint density at radius 2 is 2.19 bits per heavy atom. The minimum atomic E-state index is 0.249. The largest absolute Gasteiger partial charge is 0.364 e. The lowest BCUT2D eigenvalue weighted by molar-refractivity contribution is 0.350. The molecule has 1 saturated heterocycles. The number of nitrogens with two attached hydrogens (primary N) is 1. The molecule has 3 rings (SSSR count). The van der Waals surface area contributed by atoms with Crippen molar-refractivity contribution in [1.82, 2.24) is 10.2 Å². The molecule has 1 aliphatic heterocycles. The zero-order chi connectivity index (χ0) is 14.8. The number of hydrogen-bond acceptors (Lipinski definition) is 5. The highest BCUT2D eigenvalue weighted by atomic mass is 15.2. The molecule has 2 unspecified atom stereocenters. The molecule has 2 N–H and O–H groups in total. The van der Waals surface area contributed by atoms with Crippen LogP contribution in [0.4, 0.5) is 5.69 Å². The Hall–Kier alpha value is -2.19. The van der Waals surface area contributed by atoms with Crippen molar-refractivity contribution < 1.29 is 0 Å². The Labute approximate surface area is 124 Å². The van der Waals surface area contributed by atoms with Gasteiger partial charge in [-0.15, -0.1) is 10.2 Å². The van der Waals surface area contributed by atoms with Crippen LogP contribution in [0.1, 0.15) is 25.5 Å². The summed E-state index contributed by atoms with van der Waals surface area (Å²) in [5.74, 6) is 0.516. The summed E-state index contributed by atoms with van der Waals surface area (Å²) in [6.07, 6.45) is 2.29. The number of benzene rings is 1. The van der Waals surface area contributed by atoms with E-state index in [4.69, 9.17) is 5.73 Å². The van der Waals surface area contributed by atoms with Gasteiger partial charge in [-0.2, -0.15) is 5.26 Å². The molecule has 1 fully saturated rings. The third kappa shape index (κ3) is 2.32. The van der Waals surface area contributed by atoms with E-state index in [-0.39, 0.29) is 6.04 Å². The predicted octanol–water partition coefficient (Wildman–Crippen LogP) is 2.07. The SMILES string of the molecule is CC1CCCN(c2c(C#N)nnc3ccccc23)C1CN. The Balaban J connectivity index is 2.20. The van der Waals surface area contributed by atoms with E-state index in [1.807, 2.05) is 24.3 Å². The summed E-state index contributed by atoms with van der Waals surface area (Å²) in [6, 6.07) is 10.3. The molecule has 21 heavy (non-hydrogen) atoms. The van der Waals surface area contributed by atoms with Crippen LogP contribution < -0.4 is 10.6 Å². The normalized spacial score (nSPS) is 22.2. The Morgan fingerprint density at radius 1 is 1.38 bits per heavy atom. The number of nitrogens with zero attached hydrogens (tertiary/aromatic N) is 4. The van der Waals surface area contributed by atoms with E-state index in [1.54, 1.807) is 0 Å². The Bertz CT molecular complexity index is 691. The summed E-state index contributed by atoms with van der Waals surface area (Å²) in [6.45, 7) is 3.73. The van der Waals surface area contributed by atoms with E-state index in [1.165, 1.54) is 6.42 Å². The van der Waals surface area contributed by atoms with Gasteiger partial charge in [-0.3, -0.25) is 0 Å². The summed E-state index contributed by atoms with van der Waals surface area (Å²) in [7, 11) is 0. The van der Waals surface area contributed by atoms with Gasteiger partial charge in [0.05, 0.1) is 11.2 Å². The lowest BCUT2D eigenvalue weighted by Crippen LogP contribution is -2.49. The fourth-order valence-corrected chi connectivity index (χ4v) is 3.29. The smallest absolute Gasteiger partial charge is 0.187 e. The molecular formula is C16H19N5. The predicted molar refractivity (Wildman–Crippen MR) is 82.8 cm³/mol. The molecule has 0 spiro atoms. The van der Waals surface area contributed by atoms with Crippen molar-refractivity contribution in [3.63, 3.8) is 0 Å². The quantitative estimate of drug-likeness (QED) is 0.911. The van der Waals surface area contributed by atoms with Gasteiger partial charge in [-0.05, 0) is 24.8 Å². The second-order valence-corrected chi connectivity index (χ2v) is 5.64. The van der Waals surface area contributed by atoms with Gasteiger partial charge >= 0.3 is 0 Å². The van der Waals surface area contributed by atoms with Crippen LogP contribution >= 0.6 is 0 Å². The van der Waals surface area contributed by atoms with E-state index >= 15 is 0 Å². The second-order valence-electron chi connectivity index (χ2n) is 5.64. The molecule has 0 saturated carbocycles. The lowest BCUT2D eigenvalue weighted by Gasteiger charge is -2.41. The van der Waals surface area contributed by atoms with Crippen LogP contribution in [-0.2, 0) is 0 Å². The number of rotatable bonds is 2. The van der Waals surface area contributed by atoms with Gasteiger partial charge in [0.25, 0.3) is 0 Å². The van der Waals surface area contributed by atoms with Crippen LogP contribution in [0, 0.1) is 17.2 Å². The molecule has 5 heteroatoms. The molecule has 1 aliphatic rings. The first-order chi connectivity index (χ1) is 10.3. The number of nitriles is 1. The van der Waals surface area contributed by atoms with Crippen LogP contribution in [0.25, 0.3) is 10.9 Å². The van der Waals surface area contributed by atoms with Crippen molar-refractivity contribution >= 4 is 16.6 Å². The summed E-state index contributed by atoms with van der Waals surface area (Å²) in [5, 5.41) is 18.7. The van der Waals surface area contributed by atoms with Gasteiger partial charge in [0.2, 0.25) is 0 Å². The van der Waals surface area contributed by atoms with E-state index < -0.39 is 0 Å². The topological polar surface area (TPSA) is 78.8 Å². The van der Waals surface area contributed by atoms with Crippen LogP contribution in [0.5, 0.6) is 0 Å². The average molecular weight is 281 g/mol. The van der Waals surface area contributed by atoms with Crippen LogP contribution in [-0.4, -0.2) is 29.3 Å². The standard InChI is InChI=1S/C16H19N5/c1-11-5-4-8-21(15(11)10-18)16-12-6-2-3-7-13(12)19-20-14(16)9-17/h2-3,6-7,11,15H,4-5,8,10,18H2,1H3. The van der Waals surface area contributed by atoms with Crippen molar-refractivity contribution in [2.24, 2.45) is 11.7 Å². The maximum atomic E-state index is 9.42. The van der Waals surface area contributed by atoms with Crippen LogP contribution in [0.2, 0.25) is 0 Å². The van der Waals surface area contributed by atoms with E-state index in [9.17, 15) is 5.26 Å². The number of anilines is 1. The first-order valence-electron chi connectivity index (χ1n) is 7.38. The molecule has 0 aliphatic carbocycles. The monoisotopic (exact) mass is 281 g/mol. The van der Waals surface area contributed by atoms with Gasteiger partial charge in [-0.1, -0.05) is 25.1 Å². The number of aromatic nitrogens is 2. The molecule has 0 bridgehead atoms. The minimum absolute atomic E-state index is 0.249. The Kier molecular flexibility index (Phi) is 3.72. The summed E-state index contributed by atoms with van der Waals surface area (Å²) in [4.78, 5) is 2.27. The molecular weight excluding hydrogens is 262 g/mol. The van der Waals surface area contributed by atoms with Crippen LogP contribution in [0.15, 0.2) is 24.3 Å². The van der Waals surface area contributed by atoms with Gasteiger partial charge in [-0.25, -0.2) is 0 Å². The van der Waals surface area contributed by atoms with Gasteiger partial charge in [0, 0.05) is 24.5 Å². The fraction of sp³-hybridized carbons (Fsp3) is 0.438. The molecule has 1 aromatic heterocycles. The van der Waals surface area contributed by atoms with E-state index in [2.05, 4.69) is 28.1 Å². The highest BCUT2D eigenvalue weighted by Gasteiger charge is 2.30. The summed E-state index contributed by atoms with van der Waals surface area (Å²) in [5.41, 5.74) is 8.10. The second kappa shape index (κ2) is 5.66. The van der Waals surface area contributed by atoms with Gasteiger partial charge in [0.15, 0.2) is 5.69 Å². The molecule has 2 atom stereocenters. The summed E-state index contributed by atoms with van der Waals surface area (Å²) >= 11 is 0. The number of fused-ring (bicyclic) bond motifs is 1. The Morgan fingerprint density at radius 3 is 2.95 bits per heavy atom. The van der Waals surface area contributed by atoms with Gasteiger partial charge < -0.3 is 10.6 Å². The fourth-order valence-electron chi connectivity index (χ4n) is 3.29. The maximum absolute atomic E-state index is 9.42. The van der Waals surface area contributed by atoms with Gasteiger partial charge in [0.1, 0.15) is 6.07 Å². The molecule has 2 heterocycles. The number of piperidine rings is 1. The molecule has 5 nitrogen and oxygen atoms in total. The minimum Gasteiger partial charge on any atom is -0.364 e. The van der Waals surface area contributed by atoms with Crippen molar-refractivity contribution in [1.29, 1.82) is 5.26 Å². The van der Waals surface area contributed by atoms with Crippen LogP contribution in [0.3, 0.4) is 0 Å². The third-order valence-corrected chi connectivity index (χ3v) is 4.39. The molecule has 2 aromatic rings. The lowest BCUT2D eigenvalue weighted by atomic mass is 9.90. The third-order valence-electron chi connectivity index (χ3n) is 4.39. The van der Waals surface area contributed by atoms with E-state index in [0.717, 1.165) is 29.6 Å². The molecule has 108 valence electrons. The first-order valence-corrected chi connectivity index (χ1v) is 7.38. The maximum Gasteiger partial charge on any atom is 0.187 e. The van der Waals surface area contributed by atoms with Crippen molar-refractivity contribution in [3.8, 4) is 6.07 Å². The highest BCUT2D eigenvalue weighted by molar-refractivity contribution is 5.93. The van der Waals surface area contributed by atoms with E-state index in [0.29, 0.717) is 18.2 Å². The molecule has 1 aromatic carbocycles. The molecule has 0 radical (unpaired) electrons. The molecule has 0 amide bonds. The van der Waals surface area contributed by atoms with Crippen molar-refractivity contribution in [3.05, 3.63) is 30.0 Å². The number of hydrogen-bond donors (Lipinski definition) is 1. The zero-order valence-corrected chi connectivity index (χ0v) is 12.2. The summed E-state index contributed by atoms with van der Waals surface area (Å²) < 4.78 is 0.